The summed E-state index contributed by atoms with van der Waals surface area (Å²) in [6.07, 6.45) is 0. The van der Waals surface area contributed by atoms with Crippen LogP contribution >= 0.6 is 11.8 Å². The number of benzene rings is 1. The first-order chi connectivity index (χ1) is 10.6. The van der Waals surface area contributed by atoms with E-state index in [1.807, 2.05) is 31.2 Å². The van der Waals surface area contributed by atoms with Gasteiger partial charge >= 0.3 is 5.97 Å². The number of amides is 1. The molecule has 0 radical (unpaired) electrons. The lowest BCUT2D eigenvalue weighted by atomic mass is 10.1. The summed E-state index contributed by atoms with van der Waals surface area (Å²) in [5, 5.41) is 10.5. The van der Waals surface area contributed by atoms with Crippen molar-refractivity contribution in [2.24, 2.45) is 0 Å². The van der Waals surface area contributed by atoms with E-state index >= 15 is 0 Å². The summed E-state index contributed by atoms with van der Waals surface area (Å²) in [7, 11) is 1.26. The van der Waals surface area contributed by atoms with Gasteiger partial charge in [0.25, 0.3) is 5.22 Å². The zero-order valence-electron chi connectivity index (χ0n) is 12.2. The highest BCUT2D eigenvalue weighted by Gasteiger charge is 2.11. The van der Waals surface area contributed by atoms with E-state index in [2.05, 4.69) is 20.3 Å². The Balaban J connectivity index is 1.86. The Morgan fingerprint density at radius 1 is 1.27 bits per heavy atom. The average Bonchev–Trinajstić information content (AvgIpc) is 3.00. The molecule has 1 amide bonds. The van der Waals surface area contributed by atoms with Crippen molar-refractivity contribution in [3.8, 4) is 11.5 Å². The number of methoxy groups -OCH3 is 1. The number of rotatable bonds is 6. The molecule has 2 rings (SSSR count). The number of thioether (sulfide) groups is 1. The fourth-order valence-electron chi connectivity index (χ4n) is 1.50. The predicted octanol–water partition coefficient (Wildman–Crippen LogP) is 1.43. The molecule has 0 spiro atoms. The number of carbonyl (C=O) groups is 2. The maximum Gasteiger partial charge on any atom is 0.325 e. The topological polar surface area (TPSA) is 94.3 Å². The molecule has 116 valence electrons. The predicted molar refractivity (Wildman–Crippen MR) is 80.2 cm³/mol. The van der Waals surface area contributed by atoms with E-state index in [4.69, 9.17) is 4.42 Å². The second kappa shape index (κ2) is 7.60. The van der Waals surface area contributed by atoms with Crippen LogP contribution in [0.5, 0.6) is 0 Å². The Kier molecular flexibility index (Phi) is 5.54. The van der Waals surface area contributed by atoms with Crippen LogP contribution in [0, 0.1) is 6.92 Å². The van der Waals surface area contributed by atoms with Crippen molar-refractivity contribution in [2.45, 2.75) is 12.1 Å². The lowest BCUT2D eigenvalue weighted by molar-refractivity contribution is -0.140. The average molecular weight is 321 g/mol. The van der Waals surface area contributed by atoms with Crippen LogP contribution in [0.4, 0.5) is 0 Å². The molecule has 7 nitrogen and oxygen atoms in total. The molecule has 0 bridgehead atoms. The maximum atomic E-state index is 11.5. The van der Waals surface area contributed by atoms with Gasteiger partial charge in [0.15, 0.2) is 0 Å². The summed E-state index contributed by atoms with van der Waals surface area (Å²) >= 11 is 1.10. The zero-order chi connectivity index (χ0) is 15.9. The summed E-state index contributed by atoms with van der Waals surface area (Å²) in [5.74, 6) is -0.340. The molecule has 0 fully saturated rings. The molecule has 1 heterocycles. The molecule has 1 aromatic carbocycles. The van der Waals surface area contributed by atoms with E-state index in [0.29, 0.717) is 11.1 Å². The van der Waals surface area contributed by atoms with E-state index in [1.165, 1.54) is 7.11 Å². The fourth-order valence-corrected chi connectivity index (χ4v) is 2.10. The van der Waals surface area contributed by atoms with Crippen molar-refractivity contribution in [1.29, 1.82) is 0 Å². The Morgan fingerprint density at radius 3 is 2.68 bits per heavy atom. The minimum absolute atomic E-state index is 0.0759. The van der Waals surface area contributed by atoms with Crippen molar-refractivity contribution in [1.82, 2.24) is 15.5 Å². The molecule has 0 aliphatic rings. The highest BCUT2D eigenvalue weighted by atomic mass is 32.2. The second-order valence-corrected chi connectivity index (χ2v) is 5.31. The third-order valence-corrected chi connectivity index (χ3v) is 3.51. The van der Waals surface area contributed by atoms with Crippen molar-refractivity contribution >= 4 is 23.6 Å². The van der Waals surface area contributed by atoms with Gasteiger partial charge in [-0.2, -0.15) is 0 Å². The van der Waals surface area contributed by atoms with Gasteiger partial charge in [0, 0.05) is 5.56 Å². The van der Waals surface area contributed by atoms with Crippen molar-refractivity contribution in [2.75, 3.05) is 19.4 Å². The number of aromatic nitrogens is 2. The molecule has 0 atom stereocenters. The molecule has 0 saturated carbocycles. The number of ether oxygens (including phenoxy) is 1. The van der Waals surface area contributed by atoms with E-state index in [-0.39, 0.29) is 18.2 Å². The molecule has 1 aromatic heterocycles. The van der Waals surface area contributed by atoms with Crippen LogP contribution in [0.15, 0.2) is 33.9 Å². The molecular weight excluding hydrogens is 306 g/mol. The monoisotopic (exact) mass is 321 g/mol. The summed E-state index contributed by atoms with van der Waals surface area (Å²) in [6, 6.07) is 7.68. The smallest absolute Gasteiger partial charge is 0.325 e. The van der Waals surface area contributed by atoms with Gasteiger partial charge in [-0.1, -0.05) is 29.5 Å². The minimum Gasteiger partial charge on any atom is -0.468 e. The minimum atomic E-state index is -0.502. The molecule has 8 heteroatoms. The second-order valence-electron chi connectivity index (χ2n) is 4.38. The Bertz CT molecular complexity index is 654. The van der Waals surface area contributed by atoms with Crippen molar-refractivity contribution in [3.05, 3.63) is 29.8 Å². The van der Waals surface area contributed by atoms with Gasteiger partial charge in [0.1, 0.15) is 6.54 Å². The van der Waals surface area contributed by atoms with E-state index in [0.717, 1.165) is 22.9 Å². The molecule has 0 unspecified atom stereocenters. The molecule has 1 N–H and O–H groups in total. The first kappa shape index (κ1) is 16.0. The first-order valence-electron chi connectivity index (χ1n) is 6.45. The number of esters is 1. The van der Waals surface area contributed by atoms with Gasteiger partial charge in [0.2, 0.25) is 11.8 Å². The van der Waals surface area contributed by atoms with Crippen LogP contribution in [0.1, 0.15) is 5.56 Å². The summed E-state index contributed by atoms with van der Waals surface area (Å²) in [5.41, 5.74) is 1.96. The molecule has 22 heavy (non-hydrogen) atoms. The standard InChI is InChI=1S/C14H15N3O4S/c1-9-3-5-10(6-4-9)13-16-17-14(21-13)22-8-11(18)15-7-12(19)20-2/h3-6H,7-8H2,1-2H3,(H,15,18). The number of carbonyl (C=O) groups excluding carboxylic acids is 2. The van der Waals surface area contributed by atoms with Crippen molar-refractivity contribution < 1.29 is 18.7 Å². The molecule has 0 aliphatic carbocycles. The fraction of sp³-hybridized carbons (Fsp3) is 0.286. The molecule has 0 saturated heterocycles. The van der Waals surface area contributed by atoms with Crippen molar-refractivity contribution in [3.63, 3.8) is 0 Å². The number of aryl methyl sites for hydroxylation is 1. The normalized spacial score (nSPS) is 10.3. The molecule has 2 aromatic rings. The van der Waals surface area contributed by atoms with E-state index < -0.39 is 5.97 Å². The van der Waals surface area contributed by atoms with Gasteiger partial charge in [-0.15, -0.1) is 10.2 Å². The zero-order valence-corrected chi connectivity index (χ0v) is 13.0. The summed E-state index contributed by atoms with van der Waals surface area (Å²) in [6.45, 7) is 1.83. The number of nitrogens with zero attached hydrogens (tertiary/aromatic N) is 2. The first-order valence-corrected chi connectivity index (χ1v) is 7.44. The number of hydrogen-bond acceptors (Lipinski definition) is 7. The van der Waals surface area contributed by atoms with Crippen LogP contribution in [-0.2, 0) is 14.3 Å². The lowest BCUT2D eigenvalue weighted by Gasteiger charge is -2.01. The maximum absolute atomic E-state index is 11.5. The van der Waals surface area contributed by atoms with Gasteiger partial charge in [-0.25, -0.2) is 0 Å². The highest BCUT2D eigenvalue weighted by molar-refractivity contribution is 7.99. The highest BCUT2D eigenvalue weighted by Crippen LogP contribution is 2.23. The molecule has 0 aliphatic heterocycles. The Labute approximate surface area is 131 Å². The third-order valence-electron chi connectivity index (χ3n) is 2.69. The largest absolute Gasteiger partial charge is 0.468 e. The lowest BCUT2D eigenvalue weighted by Crippen LogP contribution is -2.31. The number of hydrogen-bond donors (Lipinski definition) is 1. The SMILES string of the molecule is COC(=O)CNC(=O)CSc1nnc(-c2ccc(C)cc2)o1. The van der Waals surface area contributed by atoms with Gasteiger partial charge < -0.3 is 14.5 Å². The van der Waals surface area contributed by atoms with Crippen LogP contribution < -0.4 is 5.32 Å². The van der Waals surface area contributed by atoms with Crippen LogP contribution in [0.25, 0.3) is 11.5 Å². The molecular formula is C14H15N3O4S. The Morgan fingerprint density at radius 2 is 2.00 bits per heavy atom. The van der Waals surface area contributed by atoms with Crippen LogP contribution in [0.3, 0.4) is 0 Å². The summed E-state index contributed by atoms with van der Waals surface area (Å²) < 4.78 is 9.90. The quantitative estimate of drug-likeness (QED) is 0.635. The van der Waals surface area contributed by atoms with E-state index in [1.54, 1.807) is 0 Å². The number of nitrogens with one attached hydrogen (secondary N) is 1. The van der Waals surface area contributed by atoms with Gasteiger partial charge in [-0.05, 0) is 19.1 Å². The van der Waals surface area contributed by atoms with Crippen LogP contribution in [0.2, 0.25) is 0 Å². The Hall–Kier alpha value is -2.35. The van der Waals surface area contributed by atoms with Gasteiger partial charge in [-0.3, -0.25) is 9.59 Å². The van der Waals surface area contributed by atoms with Gasteiger partial charge in [0.05, 0.1) is 12.9 Å². The van der Waals surface area contributed by atoms with Crippen LogP contribution in [-0.4, -0.2) is 41.5 Å². The van der Waals surface area contributed by atoms with E-state index in [9.17, 15) is 9.59 Å². The third kappa shape index (κ3) is 4.59. The summed E-state index contributed by atoms with van der Waals surface area (Å²) in [4.78, 5) is 22.4.